The second-order valence-electron chi connectivity index (χ2n) is 5.83. The molecule has 0 atom stereocenters. The second kappa shape index (κ2) is 4.99. The Bertz CT molecular complexity index is 463. The van der Waals surface area contributed by atoms with Crippen LogP contribution in [-0.4, -0.2) is 29.6 Å². The molecule has 104 valence electrons. The van der Waals surface area contributed by atoms with Crippen molar-refractivity contribution in [1.82, 2.24) is 9.97 Å². The molecule has 2 fully saturated rings. The molecular weight excluding hydrogens is 236 g/mol. The third kappa shape index (κ3) is 2.53. The van der Waals surface area contributed by atoms with Crippen LogP contribution in [0.4, 0.5) is 11.6 Å². The van der Waals surface area contributed by atoms with E-state index in [9.17, 15) is 0 Å². The minimum atomic E-state index is 0.606. The van der Waals surface area contributed by atoms with E-state index in [-0.39, 0.29) is 0 Å². The van der Waals surface area contributed by atoms with Crippen molar-refractivity contribution in [3.8, 4) is 0 Å². The van der Waals surface area contributed by atoms with Crippen LogP contribution in [0.15, 0.2) is 0 Å². The highest BCUT2D eigenvalue weighted by Crippen LogP contribution is 2.41. The molecule has 4 nitrogen and oxygen atoms in total. The van der Waals surface area contributed by atoms with Crippen molar-refractivity contribution in [2.75, 3.05) is 23.8 Å². The van der Waals surface area contributed by atoms with E-state index >= 15 is 0 Å². The second-order valence-corrected chi connectivity index (χ2v) is 5.83. The highest BCUT2D eigenvalue weighted by molar-refractivity contribution is 5.59. The van der Waals surface area contributed by atoms with Gasteiger partial charge in [0.1, 0.15) is 17.5 Å². The molecule has 0 bridgehead atoms. The highest BCUT2D eigenvalue weighted by Gasteiger charge is 2.33. The summed E-state index contributed by atoms with van der Waals surface area (Å²) in [5.41, 5.74) is 1.20. The normalized spacial score (nSPS) is 18.5. The number of rotatable bonds is 6. The standard InChI is InChI=1S/C15H24N4/c1-4-9-19(12-7-8-12)15-10(2)13(16-3)17-14(18-15)11-5-6-11/h11-12H,4-9H2,1-3H3,(H,16,17,18). The van der Waals surface area contributed by atoms with Crippen molar-refractivity contribution in [2.45, 2.75) is 57.9 Å². The number of nitrogens with zero attached hydrogens (tertiary/aromatic N) is 3. The molecule has 1 heterocycles. The van der Waals surface area contributed by atoms with Crippen LogP contribution in [0.2, 0.25) is 0 Å². The van der Waals surface area contributed by atoms with E-state index in [1.165, 1.54) is 43.5 Å². The first-order valence-corrected chi connectivity index (χ1v) is 7.57. The van der Waals surface area contributed by atoms with Gasteiger partial charge in [-0.15, -0.1) is 0 Å². The number of hydrogen-bond acceptors (Lipinski definition) is 4. The SMILES string of the molecule is CCCN(c1nc(C2CC2)nc(NC)c1C)C1CC1. The van der Waals surface area contributed by atoms with Crippen LogP contribution in [0.3, 0.4) is 0 Å². The molecule has 2 aliphatic carbocycles. The zero-order valence-corrected chi connectivity index (χ0v) is 12.2. The fourth-order valence-corrected chi connectivity index (χ4v) is 2.66. The molecule has 0 aliphatic heterocycles. The predicted molar refractivity (Wildman–Crippen MR) is 78.9 cm³/mol. The smallest absolute Gasteiger partial charge is 0.137 e. The van der Waals surface area contributed by atoms with Gasteiger partial charge in [-0.3, -0.25) is 0 Å². The zero-order valence-electron chi connectivity index (χ0n) is 12.2. The van der Waals surface area contributed by atoms with Gasteiger partial charge in [0.05, 0.1) is 0 Å². The average molecular weight is 260 g/mol. The maximum atomic E-state index is 4.90. The zero-order chi connectivity index (χ0) is 13.4. The minimum absolute atomic E-state index is 0.606. The van der Waals surface area contributed by atoms with Gasteiger partial charge >= 0.3 is 0 Å². The van der Waals surface area contributed by atoms with E-state index in [1.807, 2.05) is 7.05 Å². The van der Waals surface area contributed by atoms with Crippen LogP contribution in [0.1, 0.15) is 56.3 Å². The van der Waals surface area contributed by atoms with Gasteiger partial charge in [0.25, 0.3) is 0 Å². The summed E-state index contributed by atoms with van der Waals surface area (Å²) < 4.78 is 0. The average Bonchev–Trinajstić information content (AvgIpc) is 3.29. The van der Waals surface area contributed by atoms with Crippen LogP contribution >= 0.6 is 0 Å². The maximum absolute atomic E-state index is 4.90. The first-order chi connectivity index (χ1) is 9.24. The Morgan fingerprint density at radius 2 is 1.95 bits per heavy atom. The van der Waals surface area contributed by atoms with Crippen LogP contribution in [0.5, 0.6) is 0 Å². The summed E-state index contributed by atoms with van der Waals surface area (Å²) in [6.07, 6.45) is 6.31. The lowest BCUT2D eigenvalue weighted by Crippen LogP contribution is -2.29. The van der Waals surface area contributed by atoms with E-state index in [1.54, 1.807) is 0 Å². The van der Waals surface area contributed by atoms with Crippen molar-refractivity contribution >= 4 is 11.6 Å². The molecule has 0 radical (unpaired) electrons. The van der Waals surface area contributed by atoms with Gasteiger partial charge in [-0.25, -0.2) is 9.97 Å². The lowest BCUT2D eigenvalue weighted by atomic mass is 10.2. The third-order valence-corrected chi connectivity index (χ3v) is 4.04. The Hall–Kier alpha value is -1.32. The summed E-state index contributed by atoms with van der Waals surface area (Å²) in [5, 5.41) is 3.24. The van der Waals surface area contributed by atoms with Crippen molar-refractivity contribution in [1.29, 1.82) is 0 Å². The summed E-state index contributed by atoms with van der Waals surface area (Å²) >= 11 is 0. The molecular formula is C15H24N4. The van der Waals surface area contributed by atoms with Crippen LogP contribution in [-0.2, 0) is 0 Å². The monoisotopic (exact) mass is 260 g/mol. The number of aromatic nitrogens is 2. The molecule has 1 N–H and O–H groups in total. The van der Waals surface area contributed by atoms with E-state index in [0.29, 0.717) is 12.0 Å². The van der Waals surface area contributed by atoms with Gasteiger partial charge in [0, 0.05) is 31.1 Å². The Kier molecular flexibility index (Phi) is 3.33. The molecule has 0 amide bonds. The van der Waals surface area contributed by atoms with Gasteiger partial charge in [-0.1, -0.05) is 6.92 Å². The van der Waals surface area contributed by atoms with Gasteiger partial charge in [0.15, 0.2) is 0 Å². The summed E-state index contributed by atoms with van der Waals surface area (Å²) in [6.45, 7) is 5.49. The summed E-state index contributed by atoms with van der Waals surface area (Å²) in [7, 11) is 1.96. The first-order valence-electron chi connectivity index (χ1n) is 7.57. The number of hydrogen-bond donors (Lipinski definition) is 1. The summed E-state index contributed by atoms with van der Waals surface area (Å²) in [4.78, 5) is 12.1. The Morgan fingerprint density at radius 3 is 2.47 bits per heavy atom. The van der Waals surface area contributed by atoms with Crippen molar-refractivity contribution in [2.24, 2.45) is 0 Å². The van der Waals surface area contributed by atoms with E-state index in [4.69, 9.17) is 4.98 Å². The molecule has 19 heavy (non-hydrogen) atoms. The molecule has 2 aliphatic rings. The molecule has 0 unspecified atom stereocenters. The van der Waals surface area contributed by atoms with Gasteiger partial charge in [-0.2, -0.15) is 0 Å². The fourth-order valence-electron chi connectivity index (χ4n) is 2.66. The van der Waals surface area contributed by atoms with Crippen molar-refractivity contribution < 1.29 is 0 Å². The summed E-state index contributed by atoms with van der Waals surface area (Å²) in [5.74, 6) is 3.83. The molecule has 0 spiro atoms. The summed E-state index contributed by atoms with van der Waals surface area (Å²) in [6, 6.07) is 0.713. The lowest BCUT2D eigenvalue weighted by molar-refractivity contribution is 0.737. The number of anilines is 2. The van der Waals surface area contributed by atoms with Gasteiger partial charge in [-0.05, 0) is 39.0 Å². The maximum Gasteiger partial charge on any atom is 0.137 e. The number of nitrogens with one attached hydrogen (secondary N) is 1. The van der Waals surface area contributed by atoms with Crippen molar-refractivity contribution in [3.63, 3.8) is 0 Å². The molecule has 0 saturated heterocycles. The van der Waals surface area contributed by atoms with E-state index in [0.717, 1.165) is 18.2 Å². The Labute approximate surface area is 115 Å². The molecule has 0 aromatic carbocycles. The molecule has 3 rings (SSSR count). The van der Waals surface area contributed by atoms with Crippen LogP contribution < -0.4 is 10.2 Å². The van der Waals surface area contributed by atoms with E-state index < -0.39 is 0 Å². The highest BCUT2D eigenvalue weighted by atomic mass is 15.2. The molecule has 1 aromatic heterocycles. The van der Waals surface area contributed by atoms with Gasteiger partial charge in [0.2, 0.25) is 0 Å². The van der Waals surface area contributed by atoms with Gasteiger partial charge < -0.3 is 10.2 Å². The molecule has 1 aromatic rings. The first kappa shape index (κ1) is 12.7. The Balaban J connectivity index is 1.98. The topological polar surface area (TPSA) is 41.1 Å². The molecule has 4 heteroatoms. The largest absolute Gasteiger partial charge is 0.373 e. The third-order valence-electron chi connectivity index (χ3n) is 4.04. The van der Waals surface area contributed by atoms with E-state index in [2.05, 4.69) is 29.0 Å². The van der Waals surface area contributed by atoms with Crippen LogP contribution in [0.25, 0.3) is 0 Å². The Morgan fingerprint density at radius 1 is 1.21 bits per heavy atom. The quantitative estimate of drug-likeness (QED) is 0.853. The predicted octanol–water partition coefficient (Wildman–Crippen LogP) is 3.08. The lowest BCUT2D eigenvalue weighted by Gasteiger charge is -2.26. The molecule has 2 saturated carbocycles. The van der Waals surface area contributed by atoms with Crippen LogP contribution in [0, 0.1) is 6.92 Å². The minimum Gasteiger partial charge on any atom is -0.373 e. The fraction of sp³-hybridized carbons (Fsp3) is 0.733. The van der Waals surface area contributed by atoms with Crippen molar-refractivity contribution in [3.05, 3.63) is 11.4 Å².